The maximum absolute atomic E-state index is 13.1. The van der Waals surface area contributed by atoms with Gasteiger partial charge in [-0.3, -0.25) is 9.59 Å². The van der Waals surface area contributed by atoms with Crippen LogP contribution >= 0.6 is 11.6 Å². The van der Waals surface area contributed by atoms with Crippen LogP contribution in [0, 0.1) is 0 Å². The predicted octanol–water partition coefficient (Wildman–Crippen LogP) is 5.02. The molecule has 0 spiro atoms. The van der Waals surface area contributed by atoms with E-state index in [4.69, 9.17) is 16.3 Å². The van der Waals surface area contributed by atoms with Crippen LogP contribution in [0.25, 0.3) is 0 Å². The van der Waals surface area contributed by atoms with Gasteiger partial charge in [0.25, 0.3) is 0 Å². The minimum atomic E-state index is -0.496. The third kappa shape index (κ3) is 7.56. The molecule has 0 aliphatic heterocycles. The largest absolute Gasteiger partial charge is 0.494 e. The van der Waals surface area contributed by atoms with E-state index in [1.54, 1.807) is 17.0 Å². The van der Waals surface area contributed by atoms with Crippen LogP contribution in [-0.2, 0) is 16.0 Å². The number of halogens is 1. The highest BCUT2D eigenvalue weighted by Crippen LogP contribution is 2.19. The van der Waals surface area contributed by atoms with Crippen LogP contribution in [-0.4, -0.2) is 41.9 Å². The second-order valence-corrected chi connectivity index (χ2v) is 8.83. The maximum atomic E-state index is 13.1. The first-order valence-electron chi connectivity index (χ1n) is 11.5. The Morgan fingerprint density at radius 2 is 1.78 bits per heavy atom. The lowest BCUT2D eigenvalue weighted by Crippen LogP contribution is -2.50. The molecule has 172 valence electrons. The van der Waals surface area contributed by atoms with Gasteiger partial charge < -0.3 is 15.0 Å². The first-order valence-corrected chi connectivity index (χ1v) is 11.9. The number of carbonyl (C=O) groups excluding carboxylic acids is 2. The van der Waals surface area contributed by atoms with Crippen LogP contribution in [0.5, 0.6) is 5.75 Å². The number of nitrogens with zero attached hydrogens (tertiary/aromatic N) is 1. The van der Waals surface area contributed by atoms with Crippen molar-refractivity contribution in [3.8, 4) is 5.75 Å². The standard InChI is InChI=1S/C26H33ClN2O3/c1-20(26(31)28-23-10-5-6-11-23)29(18-17-21-8-3-2-4-9-21)25(30)12-7-19-32-24-15-13-22(27)14-16-24/h2-4,8-9,13-16,20,23H,5-7,10-12,17-19H2,1H3,(H,28,31)/t20-/m1/s1. The second-order valence-electron chi connectivity index (χ2n) is 8.39. The summed E-state index contributed by atoms with van der Waals surface area (Å²) in [5.74, 6) is 0.650. The average Bonchev–Trinajstić information content (AvgIpc) is 3.31. The number of nitrogens with one attached hydrogen (secondary N) is 1. The zero-order chi connectivity index (χ0) is 22.8. The summed E-state index contributed by atoms with van der Waals surface area (Å²) in [5, 5.41) is 3.80. The van der Waals surface area contributed by atoms with Crippen LogP contribution in [0.1, 0.15) is 51.0 Å². The molecule has 1 aliphatic carbocycles. The molecule has 1 N–H and O–H groups in total. The summed E-state index contributed by atoms with van der Waals surface area (Å²) >= 11 is 5.89. The summed E-state index contributed by atoms with van der Waals surface area (Å²) in [6, 6.07) is 17.0. The number of amides is 2. The van der Waals surface area contributed by atoms with Crippen molar-refractivity contribution in [3.05, 3.63) is 65.2 Å². The van der Waals surface area contributed by atoms with Crippen LogP contribution < -0.4 is 10.1 Å². The van der Waals surface area contributed by atoms with Gasteiger partial charge in [-0.15, -0.1) is 0 Å². The highest BCUT2D eigenvalue weighted by atomic mass is 35.5. The average molecular weight is 457 g/mol. The normalized spacial score (nSPS) is 14.7. The molecule has 0 bridgehead atoms. The monoisotopic (exact) mass is 456 g/mol. The number of hydrogen-bond donors (Lipinski definition) is 1. The Morgan fingerprint density at radius 3 is 2.47 bits per heavy atom. The molecule has 1 fully saturated rings. The molecule has 2 aromatic rings. The summed E-state index contributed by atoms with van der Waals surface area (Å²) in [4.78, 5) is 27.7. The van der Waals surface area contributed by atoms with Crippen molar-refractivity contribution in [1.29, 1.82) is 0 Å². The van der Waals surface area contributed by atoms with E-state index in [2.05, 4.69) is 5.32 Å². The number of rotatable bonds is 11. The molecule has 0 unspecified atom stereocenters. The molecule has 1 atom stereocenters. The Bertz CT molecular complexity index is 851. The number of hydrogen-bond acceptors (Lipinski definition) is 3. The second kappa shape index (κ2) is 12.5. The van der Waals surface area contributed by atoms with Gasteiger partial charge in [-0.05, 0) is 62.4 Å². The van der Waals surface area contributed by atoms with Crippen LogP contribution in [0.2, 0.25) is 5.02 Å². The topological polar surface area (TPSA) is 58.6 Å². The molecule has 1 aliphatic rings. The van der Waals surface area contributed by atoms with Gasteiger partial charge in [0.05, 0.1) is 6.61 Å². The Balaban J connectivity index is 1.54. The van der Waals surface area contributed by atoms with E-state index in [-0.39, 0.29) is 17.9 Å². The molecule has 1 saturated carbocycles. The third-order valence-corrected chi connectivity index (χ3v) is 6.22. The summed E-state index contributed by atoms with van der Waals surface area (Å²) in [6.45, 7) is 2.78. The van der Waals surface area contributed by atoms with Gasteiger partial charge in [0.1, 0.15) is 11.8 Å². The number of carbonyl (C=O) groups is 2. The number of ether oxygens (including phenoxy) is 1. The van der Waals surface area contributed by atoms with E-state index < -0.39 is 6.04 Å². The molecule has 6 heteroatoms. The van der Waals surface area contributed by atoms with E-state index in [1.807, 2.05) is 49.4 Å². The number of benzene rings is 2. The van der Waals surface area contributed by atoms with Crippen LogP contribution in [0.3, 0.4) is 0 Å². The minimum absolute atomic E-state index is 0.0188. The Morgan fingerprint density at radius 1 is 1.09 bits per heavy atom. The highest BCUT2D eigenvalue weighted by molar-refractivity contribution is 6.30. The lowest BCUT2D eigenvalue weighted by molar-refractivity contribution is -0.140. The van der Waals surface area contributed by atoms with Crippen molar-refractivity contribution in [2.75, 3.05) is 13.2 Å². The smallest absolute Gasteiger partial charge is 0.242 e. The minimum Gasteiger partial charge on any atom is -0.494 e. The quantitative estimate of drug-likeness (QED) is 0.483. The van der Waals surface area contributed by atoms with Crippen LogP contribution in [0.15, 0.2) is 54.6 Å². The molecule has 0 saturated heterocycles. The molecule has 2 amide bonds. The van der Waals surface area contributed by atoms with E-state index in [0.717, 1.165) is 43.4 Å². The summed E-state index contributed by atoms with van der Waals surface area (Å²) < 4.78 is 5.71. The van der Waals surface area contributed by atoms with Gasteiger partial charge >= 0.3 is 0 Å². The maximum Gasteiger partial charge on any atom is 0.242 e. The summed E-state index contributed by atoms with van der Waals surface area (Å²) in [6.07, 6.45) is 6.00. The SMILES string of the molecule is C[C@H](C(=O)NC1CCCC1)N(CCc1ccccc1)C(=O)CCCOc1ccc(Cl)cc1. The van der Waals surface area contributed by atoms with E-state index in [0.29, 0.717) is 31.0 Å². The molecule has 32 heavy (non-hydrogen) atoms. The van der Waals surface area contributed by atoms with Gasteiger partial charge in [0.15, 0.2) is 0 Å². The van der Waals surface area contributed by atoms with Crippen molar-refractivity contribution in [2.45, 2.75) is 64.0 Å². The van der Waals surface area contributed by atoms with Gasteiger partial charge in [0.2, 0.25) is 11.8 Å². The predicted molar refractivity (Wildman–Crippen MR) is 128 cm³/mol. The summed E-state index contributed by atoms with van der Waals surface area (Å²) in [7, 11) is 0. The first kappa shape index (κ1) is 24.1. The van der Waals surface area contributed by atoms with Crippen molar-refractivity contribution in [3.63, 3.8) is 0 Å². The summed E-state index contributed by atoms with van der Waals surface area (Å²) in [5.41, 5.74) is 1.15. The van der Waals surface area contributed by atoms with Crippen molar-refractivity contribution in [2.24, 2.45) is 0 Å². The zero-order valence-electron chi connectivity index (χ0n) is 18.8. The molecule has 2 aromatic carbocycles. The van der Waals surface area contributed by atoms with Crippen molar-refractivity contribution >= 4 is 23.4 Å². The van der Waals surface area contributed by atoms with E-state index in [9.17, 15) is 9.59 Å². The Hall–Kier alpha value is -2.53. The highest BCUT2D eigenvalue weighted by Gasteiger charge is 2.27. The van der Waals surface area contributed by atoms with E-state index in [1.165, 1.54) is 0 Å². The molecule has 0 aromatic heterocycles. The van der Waals surface area contributed by atoms with Gasteiger partial charge in [-0.2, -0.15) is 0 Å². The zero-order valence-corrected chi connectivity index (χ0v) is 19.5. The fraction of sp³-hybridized carbons (Fsp3) is 0.462. The molecule has 3 rings (SSSR count). The van der Waals surface area contributed by atoms with Crippen LogP contribution in [0.4, 0.5) is 0 Å². The fourth-order valence-electron chi connectivity index (χ4n) is 4.05. The Kier molecular flexibility index (Phi) is 9.42. The molecular formula is C26H33ClN2O3. The molecule has 0 radical (unpaired) electrons. The van der Waals surface area contributed by atoms with Gasteiger partial charge in [-0.25, -0.2) is 0 Å². The molecular weight excluding hydrogens is 424 g/mol. The van der Waals surface area contributed by atoms with E-state index >= 15 is 0 Å². The molecule has 5 nitrogen and oxygen atoms in total. The first-order chi connectivity index (χ1) is 15.5. The van der Waals surface area contributed by atoms with Crippen molar-refractivity contribution in [1.82, 2.24) is 10.2 Å². The van der Waals surface area contributed by atoms with Gasteiger partial charge in [-0.1, -0.05) is 54.8 Å². The Labute approximate surface area is 196 Å². The van der Waals surface area contributed by atoms with Crippen molar-refractivity contribution < 1.29 is 14.3 Å². The lowest BCUT2D eigenvalue weighted by atomic mass is 10.1. The molecule has 0 heterocycles. The van der Waals surface area contributed by atoms with Gasteiger partial charge in [0, 0.05) is 24.0 Å². The lowest BCUT2D eigenvalue weighted by Gasteiger charge is -2.30. The third-order valence-electron chi connectivity index (χ3n) is 5.97. The fourth-order valence-corrected chi connectivity index (χ4v) is 4.18.